The number of ether oxygens (including phenoxy) is 1. The molecular weight excluding hydrogens is 300 g/mol. The summed E-state index contributed by atoms with van der Waals surface area (Å²) in [5.41, 5.74) is 2.98. The minimum absolute atomic E-state index is 0.612. The van der Waals surface area contributed by atoms with Crippen molar-refractivity contribution in [2.45, 2.75) is 20.0 Å². The molecule has 1 N–H and O–H groups in total. The van der Waals surface area contributed by atoms with Gasteiger partial charge in [-0.15, -0.1) is 0 Å². The van der Waals surface area contributed by atoms with Gasteiger partial charge in [0.15, 0.2) is 5.65 Å². The molecule has 0 atom stereocenters. The Hall–Kier alpha value is -2.27. The van der Waals surface area contributed by atoms with Gasteiger partial charge in [-0.1, -0.05) is 17.7 Å². The van der Waals surface area contributed by atoms with Crippen molar-refractivity contribution in [1.29, 1.82) is 0 Å². The van der Waals surface area contributed by atoms with E-state index in [1.54, 1.807) is 13.3 Å². The Balaban J connectivity index is 1.82. The zero-order valence-electron chi connectivity index (χ0n) is 12.5. The van der Waals surface area contributed by atoms with Crippen molar-refractivity contribution in [2.75, 3.05) is 12.4 Å². The summed E-state index contributed by atoms with van der Waals surface area (Å²) >= 11 is 6.15. The molecule has 6 heteroatoms. The van der Waals surface area contributed by atoms with Gasteiger partial charge in [0.1, 0.15) is 5.75 Å². The maximum atomic E-state index is 6.15. The summed E-state index contributed by atoms with van der Waals surface area (Å²) in [5, 5.41) is 9.39. The zero-order valence-corrected chi connectivity index (χ0v) is 13.3. The van der Waals surface area contributed by atoms with Crippen molar-refractivity contribution >= 4 is 28.3 Å². The monoisotopic (exact) mass is 316 g/mol. The summed E-state index contributed by atoms with van der Waals surface area (Å²) in [6.45, 7) is 3.52. The van der Waals surface area contributed by atoms with E-state index < -0.39 is 0 Å². The van der Waals surface area contributed by atoms with Crippen LogP contribution in [0.2, 0.25) is 5.02 Å². The lowest BCUT2D eigenvalue weighted by atomic mass is 10.2. The second kappa shape index (κ2) is 6.23. The first-order valence-corrected chi connectivity index (χ1v) is 7.47. The van der Waals surface area contributed by atoms with Crippen LogP contribution in [0.15, 0.2) is 36.7 Å². The summed E-state index contributed by atoms with van der Waals surface area (Å²) in [7, 11) is 1.61. The number of pyridine rings is 1. The summed E-state index contributed by atoms with van der Waals surface area (Å²) in [6, 6.07) is 7.72. The maximum absolute atomic E-state index is 6.15. The highest BCUT2D eigenvalue weighted by molar-refractivity contribution is 6.32. The minimum atomic E-state index is 0.612. The molecule has 22 heavy (non-hydrogen) atoms. The van der Waals surface area contributed by atoms with Gasteiger partial charge < -0.3 is 10.1 Å². The number of halogens is 1. The van der Waals surface area contributed by atoms with Crippen LogP contribution in [-0.4, -0.2) is 21.9 Å². The number of anilines is 1. The van der Waals surface area contributed by atoms with Gasteiger partial charge in [0, 0.05) is 25.0 Å². The molecule has 0 unspecified atom stereocenters. The van der Waals surface area contributed by atoms with Crippen LogP contribution in [0, 0.1) is 0 Å². The van der Waals surface area contributed by atoms with Gasteiger partial charge in [-0.25, -0.2) is 9.67 Å². The largest absolute Gasteiger partial charge is 0.495 e. The number of nitrogens with zero attached hydrogens (tertiary/aromatic N) is 3. The zero-order chi connectivity index (χ0) is 15.5. The van der Waals surface area contributed by atoms with Crippen molar-refractivity contribution in [2.24, 2.45) is 0 Å². The molecule has 3 rings (SSSR count). The Morgan fingerprint density at radius 2 is 2.18 bits per heavy atom. The number of nitrogens with one attached hydrogen (secondary N) is 1. The van der Waals surface area contributed by atoms with Gasteiger partial charge >= 0.3 is 0 Å². The van der Waals surface area contributed by atoms with E-state index in [1.807, 2.05) is 42.1 Å². The molecule has 0 saturated heterocycles. The number of aryl methyl sites for hydroxylation is 1. The van der Waals surface area contributed by atoms with Crippen LogP contribution in [0.1, 0.15) is 12.5 Å². The summed E-state index contributed by atoms with van der Waals surface area (Å²) in [5.74, 6) is 0.681. The third-order valence-electron chi connectivity index (χ3n) is 3.54. The van der Waals surface area contributed by atoms with Crippen LogP contribution in [0.3, 0.4) is 0 Å². The predicted octanol–water partition coefficient (Wildman–Crippen LogP) is 3.73. The van der Waals surface area contributed by atoms with Crippen molar-refractivity contribution in [1.82, 2.24) is 14.8 Å². The fourth-order valence-electron chi connectivity index (χ4n) is 2.38. The van der Waals surface area contributed by atoms with Gasteiger partial charge in [-0.2, -0.15) is 5.10 Å². The van der Waals surface area contributed by atoms with Crippen molar-refractivity contribution in [3.05, 3.63) is 47.2 Å². The second-order valence-corrected chi connectivity index (χ2v) is 5.29. The van der Waals surface area contributed by atoms with E-state index in [2.05, 4.69) is 15.4 Å². The molecule has 0 fully saturated rings. The number of fused-ring (bicyclic) bond motifs is 1. The molecule has 0 spiro atoms. The van der Waals surface area contributed by atoms with Crippen LogP contribution < -0.4 is 10.1 Å². The van der Waals surface area contributed by atoms with Gasteiger partial charge in [0.05, 0.1) is 23.7 Å². The van der Waals surface area contributed by atoms with Gasteiger partial charge in [-0.3, -0.25) is 0 Å². The molecule has 3 aromatic rings. The first-order valence-electron chi connectivity index (χ1n) is 7.09. The molecule has 0 aliphatic heterocycles. The van der Waals surface area contributed by atoms with E-state index in [-0.39, 0.29) is 0 Å². The third kappa shape index (κ3) is 2.72. The Bertz CT molecular complexity index is 800. The number of hydrogen-bond acceptors (Lipinski definition) is 4. The minimum Gasteiger partial charge on any atom is -0.495 e. The van der Waals surface area contributed by atoms with E-state index >= 15 is 0 Å². The fourth-order valence-corrected chi connectivity index (χ4v) is 2.66. The van der Waals surface area contributed by atoms with Gasteiger partial charge in [0.2, 0.25) is 0 Å². The highest BCUT2D eigenvalue weighted by Gasteiger charge is 2.07. The molecule has 0 saturated carbocycles. The SMILES string of the molecule is CCn1ncc2c(NCc3ccc(OC)c(Cl)c3)ccnc21. The van der Waals surface area contributed by atoms with Gasteiger partial charge in [0.25, 0.3) is 0 Å². The molecule has 0 aliphatic rings. The molecule has 5 nitrogen and oxygen atoms in total. The molecule has 0 radical (unpaired) electrons. The molecule has 2 heterocycles. The Labute approximate surface area is 133 Å². The fraction of sp³-hybridized carbons (Fsp3) is 0.250. The van der Waals surface area contributed by atoms with Crippen LogP contribution in [0.5, 0.6) is 5.75 Å². The normalized spacial score (nSPS) is 10.9. The van der Waals surface area contributed by atoms with Crippen LogP contribution in [0.4, 0.5) is 5.69 Å². The molecule has 0 bridgehead atoms. The molecule has 1 aromatic carbocycles. The lowest BCUT2D eigenvalue weighted by Crippen LogP contribution is -2.01. The topological polar surface area (TPSA) is 52.0 Å². The smallest absolute Gasteiger partial charge is 0.159 e. The summed E-state index contributed by atoms with van der Waals surface area (Å²) in [6.07, 6.45) is 3.63. The maximum Gasteiger partial charge on any atom is 0.159 e. The number of aromatic nitrogens is 3. The Kier molecular flexibility index (Phi) is 4.15. The van der Waals surface area contributed by atoms with E-state index in [1.165, 1.54) is 0 Å². The van der Waals surface area contributed by atoms with E-state index in [0.717, 1.165) is 28.8 Å². The van der Waals surface area contributed by atoms with E-state index in [4.69, 9.17) is 16.3 Å². The van der Waals surface area contributed by atoms with Crippen molar-refractivity contribution in [3.63, 3.8) is 0 Å². The quantitative estimate of drug-likeness (QED) is 0.779. The third-order valence-corrected chi connectivity index (χ3v) is 3.83. The van der Waals surface area contributed by atoms with Crippen LogP contribution in [0.25, 0.3) is 11.0 Å². The second-order valence-electron chi connectivity index (χ2n) is 4.88. The molecule has 0 aliphatic carbocycles. The lowest BCUT2D eigenvalue weighted by Gasteiger charge is -2.09. The number of rotatable bonds is 5. The predicted molar refractivity (Wildman–Crippen MR) is 88.5 cm³/mol. The average molecular weight is 317 g/mol. The molecular formula is C16H17ClN4O. The Morgan fingerprint density at radius 3 is 2.91 bits per heavy atom. The van der Waals surface area contributed by atoms with Gasteiger partial charge in [-0.05, 0) is 30.7 Å². The number of methoxy groups -OCH3 is 1. The van der Waals surface area contributed by atoms with Crippen molar-refractivity contribution < 1.29 is 4.74 Å². The molecule has 114 valence electrons. The van der Waals surface area contributed by atoms with Crippen LogP contribution in [-0.2, 0) is 13.1 Å². The highest BCUT2D eigenvalue weighted by atomic mass is 35.5. The summed E-state index contributed by atoms with van der Waals surface area (Å²) in [4.78, 5) is 4.39. The summed E-state index contributed by atoms with van der Waals surface area (Å²) < 4.78 is 7.04. The van der Waals surface area contributed by atoms with Crippen LogP contribution >= 0.6 is 11.6 Å². The first-order chi connectivity index (χ1) is 10.7. The number of hydrogen-bond donors (Lipinski definition) is 1. The molecule has 2 aromatic heterocycles. The lowest BCUT2D eigenvalue weighted by molar-refractivity contribution is 0.415. The highest BCUT2D eigenvalue weighted by Crippen LogP contribution is 2.26. The Morgan fingerprint density at radius 1 is 1.32 bits per heavy atom. The first kappa shape index (κ1) is 14.7. The standard InChI is InChI=1S/C16H17ClN4O/c1-3-21-16-12(10-20-21)14(6-7-18-16)19-9-11-4-5-15(22-2)13(17)8-11/h4-8,10H,3,9H2,1-2H3,(H,18,19). The molecule has 0 amide bonds. The van der Waals surface area contributed by atoms with E-state index in [0.29, 0.717) is 17.3 Å². The average Bonchev–Trinajstić information content (AvgIpc) is 2.96. The van der Waals surface area contributed by atoms with E-state index in [9.17, 15) is 0 Å². The van der Waals surface area contributed by atoms with Crippen molar-refractivity contribution in [3.8, 4) is 5.75 Å². The number of benzene rings is 1.